The van der Waals surface area contributed by atoms with E-state index in [2.05, 4.69) is 44.2 Å². The summed E-state index contributed by atoms with van der Waals surface area (Å²) in [5, 5.41) is 3.43. The molecule has 1 aliphatic rings. The van der Waals surface area contributed by atoms with E-state index in [0.29, 0.717) is 24.0 Å². The molecular formula is C28H34N6O3. The van der Waals surface area contributed by atoms with Crippen LogP contribution in [-0.4, -0.2) is 59.3 Å². The number of fused-ring (bicyclic) bond motifs is 1. The standard InChI is InChI=1S/C28H34N6O3/c1-18-15-34(16-19-5-8-21(35-2)9-6-19)12-11-23(18)26-32-25-27(30-17-31-28(25)33-26)29-14-20-7-10-22(36-3)13-24(20)37-4/h5-10,13,17-18,23H,11-12,14-16H2,1-4H3,(H2,29,30,31,32,33)/t18-,23?/m0/s1. The van der Waals surface area contributed by atoms with Crippen LogP contribution in [0.1, 0.15) is 36.2 Å². The first-order chi connectivity index (χ1) is 18.1. The average molecular weight is 503 g/mol. The first-order valence-corrected chi connectivity index (χ1v) is 12.6. The summed E-state index contributed by atoms with van der Waals surface area (Å²) >= 11 is 0. The largest absolute Gasteiger partial charge is 0.497 e. The quantitative estimate of drug-likeness (QED) is 0.342. The van der Waals surface area contributed by atoms with Gasteiger partial charge in [-0.3, -0.25) is 4.90 Å². The van der Waals surface area contributed by atoms with Crippen molar-refractivity contribution >= 4 is 17.0 Å². The Hall–Kier alpha value is -3.85. The highest BCUT2D eigenvalue weighted by Gasteiger charge is 2.30. The van der Waals surface area contributed by atoms with Gasteiger partial charge in [0.05, 0.1) is 21.3 Å². The summed E-state index contributed by atoms with van der Waals surface area (Å²) in [5.74, 6) is 4.92. The number of anilines is 1. The van der Waals surface area contributed by atoms with Gasteiger partial charge in [0.25, 0.3) is 0 Å². The topological polar surface area (TPSA) is 97.4 Å². The molecule has 0 radical (unpaired) electrons. The Morgan fingerprint density at radius 3 is 2.51 bits per heavy atom. The fourth-order valence-electron chi connectivity index (χ4n) is 5.10. The third-order valence-electron chi connectivity index (χ3n) is 7.15. The van der Waals surface area contributed by atoms with Crippen molar-refractivity contribution in [2.24, 2.45) is 5.92 Å². The lowest BCUT2D eigenvalue weighted by molar-refractivity contribution is 0.153. The van der Waals surface area contributed by atoms with Crippen molar-refractivity contribution in [2.45, 2.75) is 32.4 Å². The second kappa shape index (κ2) is 11.0. The molecule has 1 saturated heterocycles. The zero-order valence-electron chi connectivity index (χ0n) is 21.8. The number of ether oxygens (including phenoxy) is 3. The molecule has 0 saturated carbocycles. The number of aromatic nitrogens is 4. The van der Waals surface area contributed by atoms with E-state index in [9.17, 15) is 0 Å². The summed E-state index contributed by atoms with van der Waals surface area (Å²) in [7, 11) is 5.00. The van der Waals surface area contributed by atoms with Crippen LogP contribution in [0.3, 0.4) is 0 Å². The highest BCUT2D eigenvalue weighted by Crippen LogP contribution is 2.34. The second-order valence-corrected chi connectivity index (χ2v) is 9.53. The van der Waals surface area contributed by atoms with Crippen LogP contribution in [0.5, 0.6) is 17.2 Å². The SMILES string of the molecule is COc1ccc(CN2CCC(c3nc4ncnc(NCc5ccc(OC)cc5OC)c4[nH]3)[C@@H](C)C2)cc1. The molecular weight excluding hydrogens is 468 g/mol. The molecule has 0 spiro atoms. The van der Waals surface area contributed by atoms with Crippen LogP contribution in [0.15, 0.2) is 48.8 Å². The molecule has 2 N–H and O–H groups in total. The normalized spacial score (nSPS) is 18.1. The van der Waals surface area contributed by atoms with Gasteiger partial charge in [-0.05, 0) is 48.7 Å². The van der Waals surface area contributed by atoms with Gasteiger partial charge in [0, 0.05) is 37.2 Å². The number of hydrogen-bond donors (Lipinski definition) is 2. The van der Waals surface area contributed by atoms with Crippen LogP contribution in [-0.2, 0) is 13.1 Å². The Morgan fingerprint density at radius 2 is 1.78 bits per heavy atom. The second-order valence-electron chi connectivity index (χ2n) is 9.53. The van der Waals surface area contributed by atoms with Gasteiger partial charge < -0.3 is 24.5 Å². The number of nitrogens with zero attached hydrogens (tertiary/aromatic N) is 4. The lowest BCUT2D eigenvalue weighted by atomic mass is 9.86. The van der Waals surface area contributed by atoms with Crippen LogP contribution in [0.25, 0.3) is 11.2 Å². The molecule has 37 heavy (non-hydrogen) atoms. The van der Waals surface area contributed by atoms with E-state index < -0.39 is 0 Å². The Morgan fingerprint density at radius 1 is 1.00 bits per heavy atom. The van der Waals surface area contributed by atoms with Gasteiger partial charge in [-0.2, -0.15) is 0 Å². The molecule has 0 aliphatic carbocycles. The predicted molar refractivity (Wildman–Crippen MR) is 143 cm³/mol. The summed E-state index contributed by atoms with van der Waals surface area (Å²) in [4.78, 5) is 19.8. The highest BCUT2D eigenvalue weighted by molar-refractivity contribution is 5.82. The van der Waals surface area contributed by atoms with Gasteiger partial charge in [-0.15, -0.1) is 0 Å². The minimum atomic E-state index is 0.343. The average Bonchev–Trinajstić information content (AvgIpc) is 3.37. The smallest absolute Gasteiger partial charge is 0.183 e. The van der Waals surface area contributed by atoms with E-state index >= 15 is 0 Å². The minimum absolute atomic E-state index is 0.343. The lowest BCUT2D eigenvalue weighted by Gasteiger charge is -2.36. The van der Waals surface area contributed by atoms with Crippen molar-refractivity contribution in [1.29, 1.82) is 0 Å². The molecule has 1 unspecified atom stereocenters. The van der Waals surface area contributed by atoms with Crippen molar-refractivity contribution in [3.05, 3.63) is 65.7 Å². The number of imidazole rings is 1. The lowest BCUT2D eigenvalue weighted by Crippen LogP contribution is -2.38. The fourth-order valence-corrected chi connectivity index (χ4v) is 5.10. The van der Waals surface area contributed by atoms with E-state index in [1.165, 1.54) is 5.56 Å². The molecule has 2 aromatic heterocycles. The molecule has 2 aromatic carbocycles. The number of methoxy groups -OCH3 is 3. The number of aromatic amines is 1. The molecule has 0 bridgehead atoms. The molecule has 3 heterocycles. The van der Waals surface area contributed by atoms with Gasteiger partial charge in [0.2, 0.25) is 0 Å². The van der Waals surface area contributed by atoms with E-state index in [-0.39, 0.29) is 0 Å². The maximum atomic E-state index is 5.53. The molecule has 9 heteroatoms. The molecule has 1 aliphatic heterocycles. The van der Waals surface area contributed by atoms with E-state index in [1.807, 2.05) is 30.3 Å². The summed E-state index contributed by atoms with van der Waals surface area (Å²) in [6, 6.07) is 14.1. The number of H-pyrrole nitrogens is 1. The first-order valence-electron chi connectivity index (χ1n) is 12.6. The van der Waals surface area contributed by atoms with E-state index in [4.69, 9.17) is 19.2 Å². The first kappa shape index (κ1) is 24.8. The fraction of sp³-hybridized carbons (Fsp3) is 0.393. The van der Waals surface area contributed by atoms with Crippen LogP contribution in [0, 0.1) is 5.92 Å². The van der Waals surface area contributed by atoms with Crippen LogP contribution in [0.4, 0.5) is 5.82 Å². The summed E-state index contributed by atoms with van der Waals surface area (Å²) in [5.41, 5.74) is 3.82. The predicted octanol–water partition coefficient (Wildman–Crippen LogP) is 4.62. The van der Waals surface area contributed by atoms with Gasteiger partial charge in [-0.1, -0.05) is 19.1 Å². The Balaban J connectivity index is 1.27. The summed E-state index contributed by atoms with van der Waals surface area (Å²) in [6.45, 7) is 5.83. The third kappa shape index (κ3) is 5.46. The van der Waals surface area contributed by atoms with Gasteiger partial charge >= 0.3 is 0 Å². The molecule has 9 nitrogen and oxygen atoms in total. The molecule has 0 amide bonds. The number of rotatable bonds is 9. The summed E-state index contributed by atoms with van der Waals surface area (Å²) < 4.78 is 16.1. The van der Waals surface area contributed by atoms with Gasteiger partial charge in [0.15, 0.2) is 11.5 Å². The zero-order valence-corrected chi connectivity index (χ0v) is 21.8. The zero-order chi connectivity index (χ0) is 25.8. The number of likely N-dealkylation sites (tertiary alicyclic amines) is 1. The van der Waals surface area contributed by atoms with Crippen molar-refractivity contribution in [3.8, 4) is 17.2 Å². The molecule has 194 valence electrons. The van der Waals surface area contributed by atoms with Crippen molar-refractivity contribution in [3.63, 3.8) is 0 Å². The maximum Gasteiger partial charge on any atom is 0.183 e. The van der Waals surface area contributed by atoms with E-state index in [0.717, 1.165) is 66.0 Å². The van der Waals surface area contributed by atoms with Crippen LogP contribution in [0.2, 0.25) is 0 Å². The minimum Gasteiger partial charge on any atom is -0.497 e. The highest BCUT2D eigenvalue weighted by atomic mass is 16.5. The van der Waals surface area contributed by atoms with Crippen molar-refractivity contribution in [2.75, 3.05) is 39.7 Å². The maximum absolute atomic E-state index is 5.53. The van der Waals surface area contributed by atoms with Crippen LogP contribution < -0.4 is 19.5 Å². The number of hydrogen-bond acceptors (Lipinski definition) is 8. The Bertz CT molecular complexity index is 1340. The molecule has 2 atom stereocenters. The number of benzene rings is 2. The summed E-state index contributed by atoms with van der Waals surface area (Å²) in [6.07, 6.45) is 2.60. The van der Waals surface area contributed by atoms with Crippen molar-refractivity contribution in [1.82, 2.24) is 24.8 Å². The third-order valence-corrected chi connectivity index (χ3v) is 7.15. The van der Waals surface area contributed by atoms with Gasteiger partial charge in [0.1, 0.15) is 34.9 Å². The molecule has 5 rings (SSSR count). The Labute approximate surface area is 217 Å². The molecule has 4 aromatic rings. The Kier molecular flexibility index (Phi) is 7.41. The number of nitrogens with one attached hydrogen (secondary N) is 2. The van der Waals surface area contributed by atoms with Gasteiger partial charge in [-0.25, -0.2) is 15.0 Å². The molecule has 1 fully saturated rings. The number of piperidine rings is 1. The van der Waals surface area contributed by atoms with E-state index in [1.54, 1.807) is 27.7 Å². The van der Waals surface area contributed by atoms with Crippen molar-refractivity contribution < 1.29 is 14.2 Å². The monoisotopic (exact) mass is 502 g/mol. The van der Waals surface area contributed by atoms with Crippen LogP contribution >= 0.6 is 0 Å².